The average molecular weight is 536 g/mol. The number of hydrogen-bond acceptors (Lipinski definition) is 7. The summed E-state index contributed by atoms with van der Waals surface area (Å²) in [5, 5.41) is 22.5. The van der Waals surface area contributed by atoms with E-state index in [2.05, 4.69) is 16.0 Å². The van der Waals surface area contributed by atoms with Crippen molar-refractivity contribution in [1.29, 1.82) is 5.26 Å². The number of aliphatic hydroxyl groups excluding tert-OH is 1. The van der Waals surface area contributed by atoms with E-state index in [9.17, 15) is 10.4 Å². The van der Waals surface area contributed by atoms with E-state index in [1.807, 2.05) is 60.7 Å². The molecule has 4 aromatic rings. The van der Waals surface area contributed by atoms with Gasteiger partial charge in [-0.1, -0.05) is 78.3 Å². The lowest BCUT2D eigenvalue weighted by molar-refractivity contribution is -0.0858. The molecule has 188 valence electrons. The van der Waals surface area contributed by atoms with Gasteiger partial charge in [-0.3, -0.25) is 0 Å². The summed E-state index contributed by atoms with van der Waals surface area (Å²) in [6, 6.07) is 26.5. The van der Waals surface area contributed by atoms with Crippen molar-refractivity contribution in [2.75, 3.05) is 6.61 Å². The van der Waals surface area contributed by atoms with Crippen LogP contribution in [-0.2, 0) is 33.0 Å². The van der Waals surface area contributed by atoms with Crippen LogP contribution in [0.2, 0.25) is 10.4 Å². The summed E-state index contributed by atoms with van der Waals surface area (Å²) in [5.74, 6) is 0. The number of hydrogen-bond donors (Lipinski definition) is 1. The first-order valence-corrected chi connectivity index (χ1v) is 12.4. The van der Waals surface area contributed by atoms with Crippen LogP contribution in [0.15, 0.2) is 78.9 Å². The van der Waals surface area contributed by atoms with Gasteiger partial charge in [0.15, 0.2) is 0 Å². The lowest BCUT2D eigenvalue weighted by Crippen LogP contribution is -2.41. The van der Waals surface area contributed by atoms with Crippen molar-refractivity contribution in [2.24, 2.45) is 0 Å². The maximum absolute atomic E-state index is 11.5. The molecule has 1 aliphatic heterocycles. The predicted molar refractivity (Wildman–Crippen MR) is 139 cm³/mol. The first-order chi connectivity index (χ1) is 18.0. The molecular weight excluding hydrogens is 513 g/mol. The highest BCUT2D eigenvalue weighted by Crippen LogP contribution is 2.42. The zero-order valence-electron chi connectivity index (χ0n) is 19.6. The van der Waals surface area contributed by atoms with Crippen LogP contribution in [0, 0.1) is 11.3 Å². The van der Waals surface area contributed by atoms with E-state index in [0.717, 1.165) is 11.1 Å². The van der Waals surface area contributed by atoms with E-state index >= 15 is 0 Å². The summed E-state index contributed by atoms with van der Waals surface area (Å²) in [4.78, 5) is 8.18. The van der Waals surface area contributed by atoms with Crippen molar-refractivity contribution in [3.05, 3.63) is 106 Å². The van der Waals surface area contributed by atoms with Gasteiger partial charge in [0, 0.05) is 10.9 Å². The Morgan fingerprint density at radius 2 is 1.62 bits per heavy atom. The fourth-order valence-electron chi connectivity index (χ4n) is 4.46. The molecule has 1 N–H and O–H groups in total. The van der Waals surface area contributed by atoms with Crippen LogP contribution in [0.1, 0.15) is 16.7 Å². The van der Waals surface area contributed by atoms with Gasteiger partial charge in [0.2, 0.25) is 10.9 Å². The molecule has 37 heavy (non-hydrogen) atoms. The van der Waals surface area contributed by atoms with Crippen LogP contribution >= 0.6 is 23.2 Å². The fraction of sp³-hybridized carbons (Fsp3) is 0.250. The van der Waals surface area contributed by atoms with E-state index in [0.29, 0.717) is 23.1 Å². The van der Waals surface area contributed by atoms with Gasteiger partial charge in [-0.25, -0.2) is 9.97 Å². The Bertz CT molecular complexity index is 1420. The van der Waals surface area contributed by atoms with Gasteiger partial charge in [0.1, 0.15) is 29.5 Å². The second-order valence-electron chi connectivity index (χ2n) is 8.73. The molecule has 2 heterocycles. The number of fused-ring (bicyclic) bond motifs is 1. The molecule has 9 heteroatoms. The lowest BCUT2D eigenvalue weighted by atomic mass is 9.87. The minimum Gasteiger partial charge on any atom is -0.386 e. The third kappa shape index (κ3) is 5.32. The Morgan fingerprint density at radius 1 is 0.946 bits per heavy atom. The zero-order valence-corrected chi connectivity index (χ0v) is 21.1. The molecule has 0 aliphatic carbocycles. The molecule has 1 fully saturated rings. The van der Waals surface area contributed by atoms with Gasteiger partial charge < -0.3 is 19.3 Å². The van der Waals surface area contributed by atoms with Crippen molar-refractivity contribution >= 4 is 34.1 Å². The minimum absolute atomic E-state index is 0.0233. The van der Waals surface area contributed by atoms with Crippen LogP contribution in [-0.4, -0.2) is 40.0 Å². The zero-order chi connectivity index (χ0) is 25.8. The van der Waals surface area contributed by atoms with Crippen molar-refractivity contribution < 1.29 is 19.3 Å². The first-order valence-electron chi connectivity index (χ1n) is 11.7. The molecule has 0 unspecified atom stereocenters. The second-order valence-corrected chi connectivity index (χ2v) is 9.42. The number of aliphatic hydroxyl groups is 1. The number of nitriles is 1. The van der Waals surface area contributed by atoms with Crippen molar-refractivity contribution in [1.82, 2.24) is 9.97 Å². The molecule has 4 atom stereocenters. The number of halogens is 2. The average Bonchev–Trinajstić information content (AvgIpc) is 3.19. The van der Waals surface area contributed by atoms with E-state index < -0.39 is 23.9 Å². The maximum atomic E-state index is 11.5. The molecule has 0 radical (unpaired) electrons. The number of nitrogens with zero attached hydrogens (tertiary/aromatic N) is 3. The number of aromatic nitrogens is 2. The van der Waals surface area contributed by atoms with Crippen LogP contribution in [0.3, 0.4) is 0 Å². The van der Waals surface area contributed by atoms with E-state index in [1.165, 1.54) is 0 Å². The number of rotatable bonds is 8. The van der Waals surface area contributed by atoms with E-state index in [-0.39, 0.29) is 23.7 Å². The highest BCUT2D eigenvalue weighted by Gasteiger charge is 2.57. The normalized spacial score (nSPS) is 23.2. The van der Waals surface area contributed by atoms with Gasteiger partial charge in [-0.15, -0.1) is 0 Å². The van der Waals surface area contributed by atoms with Crippen molar-refractivity contribution in [2.45, 2.75) is 37.1 Å². The molecule has 7 nitrogen and oxygen atoms in total. The highest BCUT2D eigenvalue weighted by atomic mass is 35.5. The number of benzene rings is 3. The molecular formula is C28H23Cl2N3O4. The van der Waals surface area contributed by atoms with Crippen molar-refractivity contribution in [3.8, 4) is 6.07 Å². The SMILES string of the molecule is N#C[C@@]1(c2ccc3c(Cl)nc(Cl)nc3c2)O[C@H](COCc2ccccc2)[C@@H](OCc2ccccc2)[C@H]1O. The van der Waals surface area contributed by atoms with Crippen LogP contribution in [0.25, 0.3) is 10.9 Å². The molecule has 1 aliphatic rings. The largest absolute Gasteiger partial charge is 0.386 e. The third-order valence-electron chi connectivity index (χ3n) is 6.33. The van der Waals surface area contributed by atoms with Gasteiger partial charge in [-0.2, -0.15) is 5.26 Å². The smallest absolute Gasteiger partial charge is 0.224 e. The summed E-state index contributed by atoms with van der Waals surface area (Å²) >= 11 is 12.2. The summed E-state index contributed by atoms with van der Waals surface area (Å²) in [6.45, 7) is 0.701. The summed E-state index contributed by atoms with van der Waals surface area (Å²) < 4.78 is 18.4. The molecule has 0 bridgehead atoms. The maximum Gasteiger partial charge on any atom is 0.224 e. The van der Waals surface area contributed by atoms with Crippen LogP contribution in [0.4, 0.5) is 0 Å². The van der Waals surface area contributed by atoms with Crippen molar-refractivity contribution in [3.63, 3.8) is 0 Å². The van der Waals surface area contributed by atoms with Gasteiger partial charge in [0.05, 0.1) is 25.3 Å². The molecule has 1 saturated heterocycles. The topological polar surface area (TPSA) is 97.5 Å². The molecule has 0 amide bonds. The Kier molecular flexibility index (Phi) is 7.68. The molecule has 5 rings (SSSR count). The van der Waals surface area contributed by atoms with Gasteiger partial charge in [-0.05, 0) is 34.9 Å². The summed E-state index contributed by atoms with van der Waals surface area (Å²) in [5.41, 5.74) is 1.04. The molecule has 0 spiro atoms. The minimum atomic E-state index is -1.72. The van der Waals surface area contributed by atoms with E-state index in [4.69, 9.17) is 37.4 Å². The lowest BCUT2D eigenvalue weighted by Gasteiger charge is -2.26. The van der Waals surface area contributed by atoms with Crippen LogP contribution < -0.4 is 0 Å². The third-order valence-corrected chi connectivity index (χ3v) is 6.79. The monoisotopic (exact) mass is 535 g/mol. The summed E-state index contributed by atoms with van der Waals surface area (Å²) in [6.07, 6.45) is -2.85. The first kappa shape index (κ1) is 25.6. The Hall–Kier alpha value is -3.09. The Labute approximate surface area is 224 Å². The second kappa shape index (κ2) is 11.1. The van der Waals surface area contributed by atoms with Gasteiger partial charge >= 0.3 is 0 Å². The Morgan fingerprint density at radius 3 is 2.30 bits per heavy atom. The fourth-order valence-corrected chi connectivity index (χ4v) is 4.92. The molecule has 3 aromatic carbocycles. The van der Waals surface area contributed by atoms with Gasteiger partial charge in [0.25, 0.3) is 0 Å². The Balaban J connectivity index is 1.44. The molecule has 1 aromatic heterocycles. The standard InChI is InChI=1S/C28H23Cl2N3O4/c29-26-21-12-11-20(13-22(21)32-27(30)33-26)28(17-31)25(34)24(36-15-19-9-5-2-6-10-19)23(37-28)16-35-14-18-7-3-1-4-8-18/h1-13,23-25,34H,14-16H2/t23-,24-,25-,28+/m1/s1. The number of ether oxygens (including phenoxy) is 3. The highest BCUT2D eigenvalue weighted by molar-refractivity contribution is 6.35. The quantitative estimate of drug-likeness (QED) is 0.244. The van der Waals surface area contributed by atoms with E-state index in [1.54, 1.807) is 18.2 Å². The molecule has 0 saturated carbocycles. The summed E-state index contributed by atoms with van der Waals surface area (Å²) in [7, 11) is 0. The predicted octanol–water partition coefficient (Wildman–Crippen LogP) is 5.22. The van der Waals surface area contributed by atoms with Crippen LogP contribution in [0.5, 0.6) is 0 Å².